The number of rotatable bonds is 5. The van der Waals surface area contributed by atoms with Crippen LogP contribution in [0.2, 0.25) is 0 Å². The summed E-state index contributed by atoms with van der Waals surface area (Å²) in [7, 11) is 1.76. The summed E-state index contributed by atoms with van der Waals surface area (Å²) in [6.45, 7) is 2.45. The van der Waals surface area contributed by atoms with Crippen molar-refractivity contribution >= 4 is 17.2 Å². The zero-order valence-corrected chi connectivity index (χ0v) is 14.5. The number of aryl methyl sites for hydroxylation is 1. The second-order valence-corrected chi connectivity index (χ2v) is 6.34. The van der Waals surface area contributed by atoms with Crippen LogP contribution in [0.1, 0.15) is 28.1 Å². The van der Waals surface area contributed by atoms with Crippen LogP contribution in [0.5, 0.6) is 0 Å². The van der Waals surface area contributed by atoms with Gasteiger partial charge >= 0.3 is 0 Å². The summed E-state index contributed by atoms with van der Waals surface area (Å²) < 4.78 is 0. The fraction of sp³-hybridized carbons (Fsp3) is 0.222. The molecule has 0 bridgehead atoms. The number of thiazole rings is 1. The van der Waals surface area contributed by atoms with E-state index in [0.29, 0.717) is 12.1 Å². The van der Waals surface area contributed by atoms with Crippen molar-refractivity contribution < 1.29 is 4.79 Å². The zero-order valence-electron chi connectivity index (χ0n) is 13.6. The zero-order chi connectivity index (χ0) is 16.9. The fourth-order valence-electron chi connectivity index (χ4n) is 2.27. The second-order valence-electron chi connectivity index (χ2n) is 5.40. The standard InChI is InChI=1S/C18H18N4OS/c1-3-16-19-9-14(10-20-16)18(23)22(2)11-17-21-15(12-24-17)13-7-5-4-6-8-13/h4-10,12H,3,11H2,1-2H3. The Balaban J connectivity index is 1.69. The first-order valence-electron chi connectivity index (χ1n) is 7.73. The van der Waals surface area contributed by atoms with Gasteiger partial charge in [-0.1, -0.05) is 37.3 Å². The molecule has 0 saturated carbocycles. The van der Waals surface area contributed by atoms with E-state index in [4.69, 9.17) is 0 Å². The molecular formula is C18H18N4OS. The molecule has 0 radical (unpaired) electrons. The lowest BCUT2D eigenvalue weighted by atomic mass is 10.2. The Morgan fingerprint density at radius 2 is 1.88 bits per heavy atom. The molecule has 1 amide bonds. The van der Waals surface area contributed by atoms with Gasteiger partial charge in [0.2, 0.25) is 0 Å². The van der Waals surface area contributed by atoms with Crippen LogP contribution in [0, 0.1) is 0 Å². The molecule has 0 atom stereocenters. The first-order valence-corrected chi connectivity index (χ1v) is 8.61. The highest BCUT2D eigenvalue weighted by Crippen LogP contribution is 2.22. The summed E-state index contributed by atoms with van der Waals surface area (Å²) in [6, 6.07) is 10.0. The van der Waals surface area contributed by atoms with Crippen molar-refractivity contribution in [3.8, 4) is 11.3 Å². The van der Waals surface area contributed by atoms with E-state index >= 15 is 0 Å². The predicted molar refractivity (Wildman–Crippen MR) is 94.8 cm³/mol. The van der Waals surface area contributed by atoms with Gasteiger partial charge in [0.1, 0.15) is 10.8 Å². The molecule has 5 nitrogen and oxygen atoms in total. The number of aromatic nitrogens is 3. The van der Waals surface area contributed by atoms with Crippen molar-refractivity contribution in [3.63, 3.8) is 0 Å². The largest absolute Gasteiger partial charge is 0.335 e. The summed E-state index contributed by atoms with van der Waals surface area (Å²) >= 11 is 1.56. The quantitative estimate of drug-likeness (QED) is 0.715. The van der Waals surface area contributed by atoms with E-state index in [1.807, 2.05) is 42.6 Å². The van der Waals surface area contributed by atoms with E-state index in [9.17, 15) is 4.79 Å². The Morgan fingerprint density at radius 1 is 1.17 bits per heavy atom. The van der Waals surface area contributed by atoms with Crippen LogP contribution in [0.4, 0.5) is 0 Å². The minimum atomic E-state index is -0.103. The van der Waals surface area contributed by atoms with Crippen molar-refractivity contribution in [1.82, 2.24) is 19.9 Å². The predicted octanol–water partition coefficient (Wildman–Crippen LogP) is 3.43. The van der Waals surface area contributed by atoms with Crippen molar-refractivity contribution in [2.75, 3.05) is 7.05 Å². The molecular weight excluding hydrogens is 320 g/mol. The lowest BCUT2D eigenvalue weighted by molar-refractivity contribution is 0.0784. The van der Waals surface area contributed by atoms with E-state index in [1.165, 1.54) is 0 Å². The molecule has 0 unspecified atom stereocenters. The fourth-order valence-corrected chi connectivity index (χ4v) is 3.12. The number of carbonyl (C=O) groups is 1. The van der Waals surface area contributed by atoms with Gasteiger partial charge in [0.15, 0.2) is 0 Å². The van der Waals surface area contributed by atoms with Crippen LogP contribution < -0.4 is 0 Å². The highest BCUT2D eigenvalue weighted by molar-refractivity contribution is 7.09. The number of carbonyl (C=O) groups excluding carboxylic acids is 1. The molecule has 0 N–H and O–H groups in total. The van der Waals surface area contributed by atoms with Crippen molar-refractivity contribution in [2.24, 2.45) is 0 Å². The molecule has 0 aliphatic carbocycles. The summed E-state index contributed by atoms with van der Waals surface area (Å²) in [5.41, 5.74) is 2.51. The molecule has 1 aromatic carbocycles. The molecule has 122 valence electrons. The van der Waals surface area contributed by atoms with Crippen molar-refractivity contribution in [3.05, 3.63) is 64.5 Å². The number of hydrogen-bond donors (Lipinski definition) is 0. The Labute approximate surface area is 145 Å². The average Bonchev–Trinajstić information content (AvgIpc) is 3.10. The normalized spacial score (nSPS) is 10.6. The number of benzene rings is 1. The highest BCUT2D eigenvalue weighted by atomic mass is 32.1. The summed E-state index contributed by atoms with van der Waals surface area (Å²) in [5, 5.41) is 2.91. The van der Waals surface area contributed by atoms with E-state index in [2.05, 4.69) is 15.0 Å². The molecule has 3 rings (SSSR count). The Bertz CT molecular complexity index is 815. The molecule has 0 saturated heterocycles. The summed E-state index contributed by atoms with van der Waals surface area (Å²) in [4.78, 5) is 27.1. The minimum absolute atomic E-state index is 0.103. The summed E-state index contributed by atoms with van der Waals surface area (Å²) in [5.74, 6) is 0.635. The minimum Gasteiger partial charge on any atom is -0.335 e. The number of amides is 1. The smallest absolute Gasteiger partial charge is 0.257 e. The molecule has 3 aromatic rings. The van der Waals surface area contributed by atoms with E-state index < -0.39 is 0 Å². The molecule has 2 heterocycles. The van der Waals surface area contributed by atoms with Gasteiger partial charge in [-0.2, -0.15) is 0 Å². The maximum Gasteiger partial charge on any atom is 0.257 e. The summed E-state index contributed by atoms with van der Waals surface area (Å²) in [6.07, 6.45) is 3.93. The SMILES string of the molecule is CCc1ncc(C(=O)N(C)Cc2nc(-c3ccccc3)cs2)cn1. The Kier molecular flexibility index (Phi) is 4.96. The molecule has 0 spiro atoms. The molecule has 0 aliphatic heterocycles. The van der Waals surface area contributed by atoms with Crippen LogP contribution in [-0.4, -0.2) is 32.8 Å². The first-order chi connectivity index (χ1) is 11.7. The van der Waals surface area contributed by atoms with Gasteiger partial charge in [-0.05, 0) is 0 Å². The highest BCUT2D eigenvalue weighted by Gasteiger charge is 2.15. The molecule has 2 aromatic heterocycles. The molecule has 0 fully saturated rings. The maximum absolute atomic E-state index is 12.4. The topological polar surface area (TPSA) is 59.0 Å². The first kappa shape index (κ1) is 16.3. The van der Waals surface area contributed by atoms with Gasteiger partial charge in [0, 0.05) is 36.8 Å². The third kappa shape index (κ3) is 3.65. The van der Waals surface area contributed by atoms with Crippen LogP contribution in [0.15, 0.2) is 48.1 Å². The molecule has 24 heavy (non-hydrogen) atoms. The number of nitrogens with zero attached hydrogens (tertiary/aromatic N) is 4. The van der Waals surface area contributed by atoms with Crippen molar-refractivity contribution in [1.29, 1.82) is 0 Å². The van der Waals surface area contributed by atoms with Crippen LogP contribution >= 0.6 is 11.3 Å². The maximum atomic E-state index is 12.4. The number of hydrogen-bond acceptors (Lipinski definition) is 5. The van der Waals surface area contributed by atoms with Gasteiger partial charge in [-0.25, -0.2) is 15.0 Å². The van der Waals surface area contributed by atoms with Gasteiger partial charge in [0.05, 0.1) is 17.8 Å². The van der Waals surface area contributed by atoms with Crippen LogP contribution in [0.3, 0.4) is 0 Å². The molecule has 0 aliphatic rings. The van der Waals surface area contributed by atoms with Gasteiger partial charge in [-0.3, -0.25) is 4.79 Å². The van der Waals surface area contributed by atoms with Crippen molar-refractivity contribution in [2.45, 2.75) is 19.9 Å². The lowest BCUT2D eigenvalue weighted by Crippen LogP contribution is -2.26. The third-order valence-electron chi connectivity index (χ3n) is 3.61. The Hall–Kier alpha value is -2.60. The third-order valence-corrected chi connectivity index (χ3v) is 4.44. The second kappa shape index (κ2) is 7.31. The van der Waals surface area contributed by atoms with E-state index in [-0.39, 0.29) is 5.91 Å². The monoisotopic (exact) mass is 338 g/mol. The van der Waals surface area contributed by atoms with Gasteiger partial charge < -0.3 is 4.90 Å². The molecule has 6 heteroatoms. The Morgan fingerprint density at radius 3 is 2.54 bits per heavy atom. The van der Waals surface area contributed by atoms with Crippen LogP contribution in [-0.2, 0) is 13.0 Å². The van der Waals surface area contributed by atoms with Crippen LogP contribution in [0.25, 0.3) is 11.3 Å². The lowest BCUT2D eigenvalue weighted by Gasteiger charge is -2.15. The van der Waals surface area contributed by atoms with Gasteiger partial charge in [0.25, 0.3) is 5.91 Å². The van der Waals surface area contributed by atoms with E-state index in [0.717, 1.165) is 28.5 Å². The van der Waals surface area contributed by atoms with E-state index in [1.54, 1.807) is 35.7 Å². The average molecular weight is 338 g/mol. The van der Waals surface area contributed by atoms with Gasteiger partial charge in [-0.15, -0.1) is 11.3 Å².